The van der Waals surface area contributed by atoms with Gasteiger partial charge in [0, 0.05) is 17.5 Å². The summed E-state index contributed by atoms with van der Waals surface area (Å²) in [5, 5.41) is 5.39. The van der Waals surface area contributed by atoms with Gasteiger partial charge in [-0.15, -0.1) is 0 Å². The molecular weight excluding hydrogens is 245 g/mol. The van der Waals surface area contributed by atoms with Crippen LogP contribution in [0.25, 0.3) is 0 Å². The van der Waals surface area contributed by atoms with E-state index in [1.807, 2.05) is 24.6 Å². The van der Waals surface area contributed by atoms with Crippen molar-refractivity contribution in [3.8, 4) is 0 Å². The molecule has 0 spiro atoms. The number of hydrogen-bond acceptors (Lipinski definition) is 2. The molecule has 0 N–H and O–H groups in total. The maximum absolute atomic E-state index is 6.07. The van der Waals surface area contributed by atoms with Gasteiger partial charge in [-0.05, 0) is 26.0 Å². The molecule has 0 bridgehead atoms. The molecule has 0 aliphatic rings. The predicted octanol–water partition coefficient (Wildman–Crippen LogP) is 3.25. The van der Waals surface area contributed by atoms with E-state index >= 15 is 0 Å². The van der Waals surface area contributed by atoms with Crippen molar-refractivity contribution in [1.29, 1.82) is 0 Å². The number of halogens is 2. The van der Waals surface area contributed by atoms with Crippen molar-refractivity contribution in [2.45, 2.75) is 20.4 Å². The maximum atomic E-state index is 6.07. The van der Waals surface area contributed by atoms with Gasteiger partial charge in [0.1, 0.15) is 5.15 Å². The molecule has 16 heavy (non-hydrogen) atoms. The summed E-state index contributed by atoms with van der Waals surface area (Å²) in [5.41, 5.74) is 3.01. The van der Waals surface area contributed by atoms with Crippen molar-refractivity contribution in [1.82, 2.24) is 14.8 Å². The topological polar surface area (TPSA) is 30.7 Å². The average molecular weight is 256 g/mol. The summed E-state index contributed by atoms with van der Waals surface area (Å²) in [6.07, 6.45) is 1.68. The first-order valence-corrected chi connectivity index (χ1v) is 5.63. The van der Waals surface area contributed by atoms with Crippen molar-refractivity contribution in [3.05, 3.63) is 45.5 Å². The largest absolute Gasteiger partial charge is 0.265 e. The van der Waals surface area contributed by atoms with Gasteiger partial charge < -0.3 is 0 Å². The smallest absolute Gasteiger partial charge is 0.130 e. The molecule has 0 saturated heterocycles. The third-order valence-electron chi connectivity index (χ3n) is 2.32. The highest BCUT2D eigenvalue weighted by atomic mass is 35.5. The van der Waals surface area contributed by atoms with E-state index in [2.05, 4.69) is 10.1 Å². The Morgan fingerprint density at radius 2 is 2.00 bits per heavy atom. The van der Waals surface area contributed by atoms with Crippen molar-refractivity contribution in [3.63, 3.8) is 0 Å². The zero-order chi connectivity index (χ0) is 11.7. The van der Waals surface area contributed by atoms with Crippen LogP contribution in [0, 0.1) is 13.8 Å². The second-order valence-corrected chi connectivity index (χ2v) is 4.48. The molecular formula is C11H11Cl2N3. The minimum absolute atomic E-state index is 0.405. The van der Waals surface area contributed by atoms with Crippen LogP contribution >= 0.6 is 23.2 Å². The van der Waals surface area contributed by atoms with Crippen molar-refractivity contribution in [2.24, 2.45) is 0 Å². The Balaban J connectivity index is 2.30. The minimum atomic E-state index is 0.405. The summed E-state index contributed by atoms with van der Waals surface area (Å²) in [6.45, 7) is 4.59. The van der Waals surface area contributed by atoms with Gasteiger partial charge in [-0.2, -0.15) is 5.10 Å². The van der Waals surface area contributed by atoms with Crippen molar-refractivity contribution in [2.75, 3.05) is 0 Å². The third kappa shape index (κ3) is 2.36. The van der Waals surface area contributed by atoms with Gasteiger partial charge in [-0.3, -0.25) is 4.68 Å². The Labute approximate surface area is 104 Å². The average Bonchev–Trinajstić information content (AvgIpc) is 2.50. The van der Waals surface area contributed by atoms with Crippen LogP contribution in [-0.4, -0.2) is 14.8 Å². The summed E-state index contributed by atoms with van der Waals surface area (Å²) in [7, 11) is 0. The Bertz CT molecular complexity index is 520. The zero-order valence-corrected chi connectivity index (χ0v) is 10.5. The minimum Gasteiger partial charge on any atom is -0.265 e. The molecule has 2 rings (SSSR count). The fourth-order valence-corrected chi connectivity index (χ4v) is 1.97. The van der Waals surface area contributed by atoms with Gasteiger partial charge in [0.25, 0.3) is 0 Å². The van der Waals surface area contributed by atoms with E-state index < -0.39 is 0 Å². The SMILES string of the molecule is Cc1cc(C)n(Cc2cnc(Cl)cc2Cl)n1. The molecule has 3 nitrogen and oxygen atoms in total. The molecule has 0 aliphatic carbocycles. The molecule has 84 valence electrons. The van der Waals surface area contributed by atoms with Gasteiger partial charge in [0.05, 0.1) is 17.3 Å². The molecule has 0 atom stereocenters. The van der Waals surface area contributed by atoms with Crippen molar-refractivity contribution >= 4 is 23.2 Å². The van der Waals surface area contributed by atoms with E-state index in [1.54, 1.807) is 12.3 Å². The van der Waals surface area contributed by atoms with Crippen LogP contribution in [0.1, 0.15) is 17.0 Å². The summed E-state index contributed by atoms with van der Waals surface area (Å²) >= 11 is 11.8. The summed E-state index contributed by atoms with van der Waals surface area (Å²) in [6, 6.07) is 3.67. The molecule has 0 fully saturated rings. The second-order valence-electron chi connectivity index (χ2n) is 3.68. The van der Waals surface area contributed by atoms with E-state index in [-0.39, 0.29) is 0 Å². The highest BCUT2D eigenvalue weighted by Gasteiger charge is 2.06. The third-order valence-corrected chi connectivity index (χ3v) is 2.88. The summed E-state index contributed by atoms with van der Waals surface area (Å²) in [4.78, 5) is 4.01. The van der Waals surface area contributed by atoms with Gasteiger partial charge in [0.2, 0.25) is 0 Å². The van der Waals surface area contributed by atoms with Gasteiger partial charge in [-0.1, -0.05) is 23.2 Å². The predicted molar refractivity (Wildman–Crippen MR) is 65.1 cm³/mol. The van der Waals surface area contributed by atoms with E-state index in [1.165, 1.54) is 0 Å². The Hall–Kier alpha value is -1.06. The molecule has 2 heterocycles. The summed E-state index contributed by atoms with van der Waals surface area (Å²) in [5.74, 6) is 0. The quantitative estimate of drug-likeness (QED) is 0.772. The number of aromatic nitrogens is 3. The first kappa shape index (κ1) is 11.4. The van der Waals surface area contributed by atoms with Crippen LogP contribution in [-0.2, 0) is 6.54 Å². The molecule has 0 unspecified atom stereocenters. The fraction of sp³-hybridized carbons (Fsp3) is 0.273. The van der Waals surface area contributed by atoms with Gasteiger partial charge in [0.15, 0.2) is 0 Å². The molecule has 2 aromatic rings. The van der Waals surface area contributed by atoms with E-state index in [0.717, 1.165) is 17.0 Å². The summed E-state index contributed by atoms with van der Waals surface area (Å²) < 4.78 is 1.89. The van der Waals surface area contributed by atoms with Crippen molar-refractivity contribution < 1.29 is 0 Å². The van der Waals surface area contributed by atoms with E-state index in [0.29, 0.717) is 16.7 Å². The van der Waals surface area contributed by atoms with Crippen LogP contribution in [0.5, 0.6) is 0 Å². The number of nitrogens with zero attached hydrogens (tertiary/aromatic N) is 3. The van der Waals surface area contributed by atoms with Crippen LogP contribution in [0.15, 0.2) is 18.3 Å². The van der Waals surface area contributed by atoms with Crippen LogP contribution < -0.4 is 0 Å². The first-order valence-electron chi connectivity index (χ1n) is 4.87. The lowest BCUT2D eigenvalue weighted by Crippen LogP contribution is -2.04. The molecule has 0 radical (unpaired) electrons. The van der Waals surface area contributed by atoms with Gasteiger partial charge in [-0.25, -0.2) is 4.98 Å². The number of hydrogen-bond donors (Lipinski definition) is 0. The zero-order valence-electron chi connectivity index (χ0n) is 9.04. The van der Waals surface area contributed by atoms with E-state index in [4.69, 9.17) is 23.2 Å². The van der Waals surface area contributed by atoms with Crippen LogP contribution in [0.4, 0.5) is 0 Å². The maximum Gasteiger partial charge on any atom is 0.130 e. The lowest BCUT2D eigenvalue weighted by Gasteiger charge is -2.06. The molecule has 0 amide bonds. The highest BCUT2D eigenvalue weighted by molar-refractivity contribution is 6.34. The highest BCUT2D eigenvalue weighted by Crippen LogP contribution is 2.19. The number of aryl methyl sites for hydroxylation is 2. The Morgan fingerprint density at radius 1 is 1.25 bits per heavy atom. The monoisotopic (exact) mass is 255 g/mol. The second kappa shape index (κ2) is 4.44. The Kier molecular flexibility index (Phi) is 3.17. The molecule has 5 heteroatoms. The number of pyridine rings is 1. The normalized spacial score (nSPS) is 10.8. The lowest BCUT2D eigenvalue weighted by molar-refractivity contribution is 0.657. The number of rotatable bonds is 2. The standard InChI is InChI=1S/C11H11Cl2N3/c1-7-3-8(2)16(15-7)6-9-5-14-11(13)4-10(9)12/h3-5H,6H2,1-2H3. The fourth-order valence-electron chi connectivity index (χ4n) is 1.55. The van der Waals surface area contributed by atoms with Crippen LogP contribution in [0.2, 0.25) is 10.2 Å². The Morgan fingerprint density at radius 3 is 2.56 bits per heavy atom. The molecule has 0 aromatic carbocycles. The molecule has 2 aromatic heterocycles. The first-order chi connectivity index (χ1) is 7.56. The van der Waals surface area contributed by atoms with Gasteiger partial charge >= 0.3 is 0 Å². The lowest BCUT2D eigenvalue weighted by atomic mass is 10.3. The van der Waals surface area contributed by atoms with E-state index in [9.17, 15) is 0 Å². The van der Waals surface area contributed by atoms with Crippen LogP contribution in [0.3, 0.4) is 0 Å². The molecule has 0 saturated carbocycles. The molecule has 0 aliphatic heterocycles.